The summed E-state index contributed by atoms with van der Waals surface area (Å²) in [5.74, 6) is -1.40. The number of pyridine rings is 1. The summed E-state index contributed by atoms with van der Waals surface area (Å²) in [6, 6.07) is 14.1. The minimum atomic E-state index is -4.05. The Kier molecular flexibility index (Phi) is 5.23. The lowest BCUT2D eigenvalue weighted by Crippen LogP contribution is -2.37. The fourth-order valence-electron chi connectivity index (χ4n) is 3.04. The van der Waals surface area contributed by atoms with Crippen molar-refractivity contribution in [2.24, 2.45) is 0 Å². The molecule has 0 bridgehead atoms. The van der Waals surface area contributed by atoms with Crippen molar-refractivity contribution in [2.75, 3.05) is 11.9 Å². The van der Waals surface area contributed by atoms with Crippen LogP contribution in [0, 0.1) is 0 Å². The zero-order valence-electron chi connectivity index (χ0n) is 15.2. The average Bonchev–Trinajstić information content (AvgIpc) is 2.90. The quantitative estimate of drug-likeness (QED) is 0.636. The highest BCUT2D eigenvalue weighted by molar-refractivity contribution is 7.90. The molecule has 0 atom stereocenters. The molecular formula is C20H13Cl2N3O4S. The van der Waals surface area contributed by atoms with E-state index in [2.05, 4.69) is 10.3 Å². The molecule has 0 saturated carbocycles. The molecule has 0 unspecified atom stereocenters. The van der Waals surface area contributed by atoms with E-state index in [4.69, 9.17) is 23.2 Å². The molecule has 4 rings (SSSR count). The van der Waals surface area contributed by atoms with Crippen LogP contribution in [0.2, 0.25) is 10.0 Å². The number of amides is 2. The molecule has 0 aliphatic carbocycles. The van der Waals surface area contributed by atoms with Crippen LogP contribution in [0.15, 0.2) is 65.7 Å². The fraction of sp³-hybridized carbons (Fsp3) is 0.0500. The van der Waals surface area contributed by atoms with Gasteiger partial charge < -0.3 is 5.32 Å². The SMILES string of the molecule is O=C(CN1C(=O)c2ccccc2S1(=O)=O)Nc1ccc(-c2ccc(Cl)cc2Cl)nc1. The molecule has 1 aliphatic heterocycles. The van der Waals surface area contributed by atoms with Crippen LogP contribution < -0.4 is 5.32 Å². The van der Waals surface area contributed by atoms with E-state index >= 15 is 0 Å². The van der Waals surface area contributed by atoms with Crippen LogP contribution in [0.1, 0.15) is 10.4 Å². The number of carbonyl (C=O) groups is 2. The van der Waals surface area contributed by atoms with Gasteiger partial charge in [0.05, 0.1) is 28.2 Å². The van der Waals surface area contributed by atoms with Crippen LogP contribution in [-0.2, 0) is 14.8 Å². The monoisotopic (exact) mass is 461 g/mol. The van der Waals surface area contributed by atoms with Crippen LogP contribution in [0.25, 0.3) is 11.3 Å². The number of anilines is 1. The van der Waals surface area contributed by atoms with Gasteiger partial charge in [0.2, 0.25) is 5.91 Å². The zero-order valence-corrected chi connectivity index (χ0v) is 17.5. The van der Waals surface area contributed by atoms with Crippen molar-refractivity contribution < 1.29 is 18.0 Å². The molecule has 30 heavy (non-hydrogen) atoms. The third-order valence-electron chi connectivity index (χ3n) is 4.45. The van der Waals surface area contributed by atoms with E-state index in [1.165, 1.54) is 24.4 Å². The Bertz CT molecular complexity index is 1280. The normalized spacial score (nSPS) is 14.5. The number of hydrogen-bond donors (Lipinski definition) is 1. The predicted molar refractivity (Wildman–Crippen MR) is 113 cm³/mol. The van der Waals surface area contributed by atoms with Crippen molar-refractivity contribution in [3.63, 3.8) is 0 Å². The van der Waals surface area contributed by atoms with Crippen molar-refractivity contribution in [1.29, 1.82) is 0 Å². The van der Waals surface area contributed by atoms with Gasteiger partial charge in [-0.2, -0.15) is 0 Å². The molecule has 3 aromatic rings. The average molecular weight is 462 g/mol. The van der Waals surface area contributed by atoms with Gasteiger partial charge in [-0.3, -0.25) is 14.6 Å². The largest absolute Gasteiger partial charge is 0.323 e. The predicted octanol–water partition coefficient (Wildman–Crippen LogP) is 3.84. The van der Waals surface area contributed by atoms with Gasteiger partial charge in [0, 0.05) is 10.6 Å². The lowest BCUT2D eigenvalue weighted by molar-refractivity contribution is -0.116. The van der Waals surface area contributed by atoms with E-state index in [0.29, 0.717) is 31.3 Å². The number of nitrogens with zero attached hydrogens (tertiary/aromatic N) is 2. The third-order valence-corrected chi connectivity index (χ3v) is 6.79. The van der Waals surface area contributed by atoms with E-state index in [-0.39, 0.29) is 10.5 Å². The van der Waals surface area contributed by atoms with Crippen molar-refractivity contribution >= 4 is 50.7 Å². The number of hydrogen-bond acceptors (Lipinski definition) is 5. The molecule has 2 aromatic carbocycles. The first kappa shape index (κ1) is 20.3. The Labute approximate surface area is 182 Å². The molecule has 7 nitrogen and oxygen atoms in total. The summed E-state index contributed by atoms with van der Waals surface area (Å²) in [7, 11) is -4.05. The molecule has 0 saturated heterocycles. The number of sulfonamides is 1. The second-order valence-electron chi connectivity index (χ2n) is 6.42. The molecule has 2 amide bonds. The summed E-state index contributed by atoms with van der Waals surface area (Å²) >= 11 is 12.1. The summed E-state index contributed by atoms with van der Waals surface area (Å²) in [4.78, 5) is 28.9. The number of carbonyl (C=O) groups excluding carboxylic acids is 2. The molecule has 0 fully saturated rings. The van der Waals surface area contributed by atoms with Crippen LogP contribution in [0.3, 0.4) is 0 Å². The molecule has 1 aromatic heterocycles. The number of fused-ring (bicyclic) bond motifs is 1. The molecular weight excluding hydrogens is 449 g/mol. The smallest absolute Gasteiger partial charge is 0.269 e. The Morgan fingerprint density at radius 2 is 1.80 bits per heavy atom. The van der Waals surface area contributed by atoms with Gasteiger partial charge in [0.1, 0.15) is 11.4 Å². The Morgan fingerprint density at radius 1 is 1.03 bits per heavy atom. The van der Waals surface area contributed by atoms with Crippen LogP contribution in [-0.4, -0.2) is 36.1 Å². The molecule has 0 radical (unpaired) electrons. The highest BCUT2D eigenvalue weighted by Crippen LogP contribution is 2.31. The first-order valence-corrected chi connectivity index (χ1v) is 10.8. The van der Waals surface area contributed by atoms with Gasteiger partial charge in [0.15, 0.2) is 0 Å². The van der Waals surface area contributed by atoms with Gasteiger partial charge in [-0.05, 0) is 42.5 Å². The number of benzene rings is 2. The maximum absolute atomic E-state index is 12.5. The van der Waals surface area contributed by atoms with E-state index in [0.717, 1.165) is 0 Å². The second kappa shape index (κ2) is 7.71. The minimum Gasteiger partial charge on any atom is -0.323 e. The van der Waals surface area contributed by atoms with Gasteiger partial charge >= 0.3 is 0 Å². The number of aromatic nitrogens is 1. The molecule has 0 spiro atoms. The summed E-state index contributed by atoms with van der Waals surface area (Å²) in [6.07, 6.45) is 1.41. The minimum absolute atomic E-state index is 0.0520. The molecule has 1 N–H and O–H groups in total. The summed E-state index contributed by atoms with van der Waals surface area (Å²) in [6.45, 7) is -0.638. The molecule has 2 heterocycles. The van der Waals surface area contributed by atoms with Crippen molar-refractivity contribution in [1.82, 2.24) is 9.29 Å². The summed E-state index contributed by atoms with van der Waals surface area (Å²) in [5, 5.41) is 3.48. The van der Waals surface area contributed by atoms with Crippen molar-refractivity contribution in [3.8, 4) is 11.3 Å². The maximum atomic E-state index is 12.5. The van der Waals surface area contributed by atoms with E-state index < -0.39 is 28.4 Å². The summed E-state index contributed by atoms with van der Waals surface area (Å²) in [5.41, 5.74) is 1.64. The highest BCUT2D eigenvalue weighted by Gasteiger charge is 2.41. The van der Waals surface area contributed by atoms with Crippen molar-refractivity contribution in [2.45, 2.75) is 4.90 Å². The van der Waals surface area contributed by atoms with Crippen LogP contribution in [0.5, 0.6) is 0 Å². The standard InChI is InChI=1S/C20H13Cl2N3O4S/c21-12-5-7-14(16(22)9-12)17-8-6-13(10-23-17)24-19(26)11-25-20(27)15-3-1-2-4-18(15)30(25,28)29/h1-10H,11H2,(H,24,26). The van der Waals surface area contributed by atoms with Gasteiger partial charge in [-0.1, -0.05) is 35.3 Å². The van der Waals surface area contributed by atoms with Crippen LogP contribution >= 0.6 is 23.2 Å². The van der Waals surface area contributed by atoms with Gasteiger partial charge in [-0.15, -0.1) is 0 Å². The molecule has 10 heteroatoms. The fourth-order valence-corrected chi connectivity index (χ4v) is 5.07. The first-order chi connectivity index (χ1) is 14.3. The van der Waals surface area contributed by atoms with E-state index in [1.54, 1.807) is 36.4 Å². The second-order valence-corrected chi connectivity index (χ2v) is 9.09. The molecule has 1 aliphatic rings. The van der Waals surface area contributed by atoms with Gasteiger partial charge in [0.25, 0.3) is 15.9 Å². The lowest BCUT2D eigenvalue weighted by Gasteiger charge is -2.14. The Morgan fingerprint density at radius 3 is 2.47 bits per heavy atom. The number of halogens is 2. The zero-order chi connectivity index (χ0) is 21.5. The van der Waals surface area contributed by atoms with E-state index in [9.17, 15) is 18.0 Å². The number of rotatable bonds is 4. The van der Waals surface area contributed by atoms with Gasteiger partial charge in [-0.25, -0.2) is 12.7 Å². The van der Waals surface area contributed by atoms with Crippen molar-refractivity contribution in [3.05, 3.63) is 76.4 Å². The first-order valence-electron chi connectivity index (χ1n) is 8.65. The lowest BCUT2D eigenvalue weighted by atomic mass is 10.1. The highest BCUT2D eigenvalue weighted by atomic mass is 35.5. The summed E-state index contributed by atoms with van der Waals surface area (Å²) < 4.78 is 25.6. The Hall–Kier alpha value is -2.94. The molecule has 152 valence electrons. The third kappa shape index (κ3) is 3.65. The van der Waals surface area contributed by atoms with E-state index in [1.807, 2.05) is 0 Å². The topological polar surface area (TPSA) is 96.4 Å². The Balaban J connectivity index is 1.48. The van der Waals surface area contributed by atoms with Crippen LogP contribution in [0.4, 0.5) is 5.69 Å². The maximum Gasteiger partial charge on any atom is 0.269 e. The number of nitrogens with one attached hydrogen (secondary N) is 1.